The van der Waals surface area contributed by atoms with Crippen LogP contribution in [0.15, 0.2) is 35.4 Å². The van der Waals surface area contributed by atoms with Gasteiger partial charge in [0.15, 0.2) is 5.82 Å². The van der Waals surface area contributed by atoms with Crippen LogP contribution in [0.3, 0.4) is 0 Å². The van der Waals surface area contributed by atoms with Gasteiger partial charge in [-0.2, -0.15) is 5.10 Å². The summed E-state index contributed by atoms with van der Waals surface area (Å²) >= 11 is 0. The highest BCUT2D eigenvalue weighted by Gasteiger charge is 2.14. The maximum Gasteiger partial charge on any atom is 0.152 e. The van der Waals surface area contributed by atoms with E-state index in [2.05, 4.69) is 31.5 Å². The molecule has 132 valence electrons. The number of hydrogen-bond acceptors (Lipinski definition) is 7. The van der Waals surface area contributed by atoms with E-state index in [0.717, 1.165) is 24.5 Å². The Labute approximate surface area is 147 Å². The fourth-order valence-corrected chi connectivity index (χ4v) is 2.63. The van der Waals surface area contributed by atoms with E-state index in [-0.39, 0.29) is 6.61 Å². The molecule has 2 heterocycles. The summed E-state index contributed by atoms with van der Waals surface area (Å²) in [5, 5.41) is 13.5. The van der Waals surface area contributed by atoms with Gasteiger partial charge in [-0.1, -0.05) is 29.8 Å². The molecule has 2 N–H and O–H groups in total. The highest BCUT2D eigenvalue weighted by Crippen LogP contribution is 2.17. The van der Waals surface area contributed by atoms with Crippen LogP contribution < -0.4 is 10.3 Å². The normalized spacial score (nSPS) is 14.9. The Bertz CT molecular complexity index is 729. The molecule has 7 nitrogen and oxygen atoms in total. The number of hydrazone groups is 1. The summed E-state index contributed by atoms with van der Waals surface area (Å²) in [5.74, 6) is 2.04. The summed E-state index contributed by atoms with van der Waals surface area (Å²) in [4.78, 5) is 11.1. The van der Waals surface area contributed by atoms with E-state index in [1.807, 2.05) is 31.2 Å². The Morgan fingerprint density at radius 1 is 1.28 bits per heavy atom. The van der Waals surface area contributed by atoms with Crippen LogP contribution in [0.1, 0.15) is 17.0 Å². The van der Waals surface area contributed by atoms with Gasteiger partial charge in [-0.05, 0) is 12.5 Å². The topological polar surface area (TPSA) is 82.9 Å². The molecule has 2 aromatic rings. The smallest absolute Gasteiger partial charge is 0.152 e. The van der Waals surface area contributed by atoms with Gasteiger partial charge in [0.1, 0.15) is 11.6 Å². The van der Waals surface area contributed by atoms with E-state index < -0.39 is 0 Å². The van der Waals surface area contributed by atoms with Crippen LogP contribution in [0.25, 0.3) is 0 Å². The Kier molecular flexibility index (Phi) is 5.92. The number of hydrogen-bond donors (Lipinski definition) is 2. The van der Waals surface area contributed by atoms with Crippen LogP contribution in [0, 0.1) is 6.92 Å². The van der Waals surface area contributed by atoms with E-state index in [1.54, 1.807) is 6.21 Å². The van der Waals surface area contributed by atoms with Gasteiger partial charge in [0.2, 0.25) is 0 Å². The third-order valence-electron chi connectivity index (χ3n) is 3.86. The minimum absolute atomic E-state index is 0.0125. The molecular formula is C18H23N5O2. The van der Waals surface area contributed by atoms with Crippen molar-refractivity contribution in [3.8, 4) is 0 Å². The van der Waals surface area contributed by atoms with E-state index in [9.17, 15) is 5.11 Å². The van der Waals surface area contributed by atoms with Crippen molar-refractivity contribution < 1.29 is 9.84 Å². The van der Waals surface area contributed by atoms with Crippen molar-refractivity contribution in [3.63, 3.8) is 0 Å². The lowest BCUT2D eigenvalue weighted by atomic mass is 10.2. The maximum absolute atomic E-state index is 9.20. The number of aliphatic hydroxyl groups excluding tert-OH is 1. The first-order valence-corrected chi connectivity index (χ1v) is 8.42. The highest BCUT2D eigenvalue weighted by atomic mass is 16.5. The largest absolute Gasteiger partial charge is 0.396 e. The molecule has 0 atom stereocenters. The van der Waals surface area contributed by atoms with Crippen molar-refractivity contribution in [2.75, 3.05) is 43.2 Å². The summed E-state index contributed by atoms with van der Waals surface area (Å²) in [6, 6.07) is 9.97. The molecule has 0 spiro atoms. The lowest BCUT2D eigenvalue weighted by Crippen LogP contribution is -2.37. The molecular weight excluding hydrogens is 318 g/mol. The average molecular weight is 341 g/mol. The van der Waals surface area contributed by atoms with Crippen LogP contribution in [0.4, 0.5) is 11.6 Å². The van der Waals surface area contributed by atoms with Gasteiger partial charge in [0.25, 0.3) is 0 Å². The van der Waals surface area contributed by atoms with Crippen molar-refractivity contribution in [2.45, 2.75) is 13.3 Å². The Morgan fingerprint density at radius 2 is 2.12 bits per heavy atom. The van der Waals surface area contributed by atoms with Crippen LogP contribution in [-0.2, 0) is 11.2 Å². The SMILES string of the molecule is Cc1cccc(/C=N/Nc2cc(N3CCOCC3)nc(CCO)n2)c1. The quantitative estimate of drug-likeness (QED) is 0.613. The van der Waals surface area contributed by atoms with Gasteiger partial charge < -0.3 is 14.7 Å². The monoisotopic (exact) mass is 341 g/mol. The fraction of sp³-hybridized carbons (Fsp3) is 0.389. The zero-order valence-electron chi connectivity index (χ0n) is 14.4. The number of benzene rings is 1. The third kappa shape index (κ3) is 4.98. The number of anilines is 2. The van der Waals surface area contributed by atoms with Gasteiger partial charge in [-0.25, -0.2) is 9.97 Å². The maximum atomic E-state index is 9.20. The number of aromatic nitrogens is 2. The lowest BCUT2D eigenvalue weighted by molar-refractivity contribution is 0.122. The lowest BCUT2D eigenvalue weighted by Gasteiger charge is -2.28. The van der Waals surface area contributed by atoms with Crippen molar-refractivity contribution >= 4 is 17.9 Å². The summed E-state index contributed by atoms with van der Waals surface area (Å²) < 4.78 is 5.39. The molecule has 0 saturated carbocycles. The Hall–Kier alpha value is -2.51. The molecule has 1 saturated heterocycles. The minimum Gasteiger partial charge on any atom is -0.396 e. The van der Waals surface area contributed by atoms with Crippen molar-refractivity contribution in [2.24, 2.45) is 5.10 Å². The number of morpholine rings is 1. The van der Waals surface area contributed by atoms with E-state index in [0.29, 0.717) is 31.3 Å². The van der Waals surface area contributed by atoms with Crippen LogP contribution in [-0.4, -0.2) is 54.2 Å². The molecule has 1 aromatic heterocycles. The van der Waals surface area contributed by atoms with Gasteiger partial charge in [-0.15, -0.1) is 0 Å². The summed E-state index contributed by atoms with van der Waals surface area (Å²) in [6.45, 7) is 5.02. The first kappa shape index (κ1) is 17.3. The molecule has 0 amide bonds. The van der Waals surface area contributed by atoms with Crippen molar-refractivity contribution in [3.05, 3.63) is 47.3 Å². The molecule has 1 aromatic carbocycles. The van der Waals surface area contributed by atoms with E-state index >= 15 is 0 Å². The highest BCUT2D eigenvalue weighted by molar-refractivity contribution is 5.80. The van der Waals surface area contributed by atoms with E-state index in [1.165, 1.54) is 5.56 Å². The number of aryl methyl sites for hydroxylation is 1. The van der Waals surface area contributed by atoms with Crippen LogP contribution >= 0.6 is 0 Å². The molecule has 3 rings (SSSR count). The van der Waals surface area contributed by atoms with E-state index in [4.69, 9.17) is 4.74 Å². The standard InChI is InChI=1S/C18H23N5O2/c1-14-3-2-4-15(11-14)13-19-22-17-12-18(21-16(20-17)5-8-24)23-6-9-25-10-7-23/h2-4,11-13,24H,5-10H2,1H3,(H,20,21,22)/b19-13+. The first-order chi connectivity index (χ1) is 12.2. The zero-order valence-corrected chi connectivity index (χ0v) is 14.4. The number of ether oxygens (including phenoxy) is 1. The Morgan fingerprint density at radius 3 is 2.88 bits per heavy atom. The second-order valence-corrected chi connectivity index (χ2v) is 5.88. The van der Waals surface area contributed by atoms with Gasteiger partial charge in [-0.3, -0.25) is 5.43 Å². The van der Waals surface area contributed by atoms with Gasteiger partial charge >= 0.3 is 0 Å². The molecule has 0 unspecified atom stereocenters. The van der Waals surface area contributed by atoms with Crippen molar-refractivity contribution in [1.29, 1.82) is 0 Å². The summed E-state index contributed by atoms with van der Waals surface area (Å²) in [7, 11) is 0. The molecule has 1 fully saturated rings. The minimum atomic E-state index is 0.0125. The molecule has 1 aliphatic rings. The molecule has 7 heteroatoms. The van der Waals surface area contributed by atoms with Crippen LogP contribution in [0.5, 0.6) is 0 Å². The number of aliphatic hydroxyl groups is 1. The zero-order chi connectivity index (χ0) is 17.5. The number of nitrogens with one attached hydrogen (secondary N) is 1. The Balaban J connectivity index is 1.75. The van der Waals surface area contributed by atoms with Crippen molar-refractivity contribution in [1.82, 2.24) is 9.97 Å². The average Bonchev–Trinajstić information content (AvgIpc) is 2.63. The fourth-order valence-electron chi connectivity index (χ4n) is 2.63. The second kappa shape index (κ2) is 8.55. The molecule has 1 aliphatic heterocycles. The summed E-state index contributed by atoms with van der Waals surface area (Å²) in [5.41, 5.74) is 5.17. The number of rotatable bonds is 6. The molecule has 0 bridgehead atoms. The predicted octanol–water partition coefficient (Wildman–Crippen LogP) is 1.60. The van der Waals surface area contributed by atoms with Gasteiger partial charge in [0, 0.05) is 25.6 Å². The molecule has 25 heavy (non-hydrogen) atoms. The number of nitrogens with zero attached hydrogens (tertiary/aromatic N) is 4. The summed E-state index contributed by atoms with van der Waals surface area (Å²) in [6.07, 6.45) is 2.17. The molecule has 0 radical (unpaired) electrons. The third-order valence-corrected chi connectivity index (χ3v) is 3.86. The predicted molar refractivity (Wildman–Crippen MR) is 98.2 cm³/mol. The molecule has 0 aliphatic carbocycles. The van der Waals surface area contributed by atoms with Crippen LogP contribution in [0.2, 0.25) is 0 Å². The first-order valence-electron chi connectivity index (χ1n) is 8.42. The second-order valence-electron chi connectivity index (χ2n) is 5.88. The van der Waals surface area contributed by atoms with Gasteiger partial charge in [0.05, 0.1) is 26.0 Å².